The molecule has 3 aromatic rings. The van der Waals surface area contributed by atoms with Crippen LogP contribution in [0.1, 0.15) is 19.1 Å². The third-order valence-electron chi connectivity index (χ3n) is 3.76. The quantitative estimate of drug-likeness (QED) is 0.566. The first-order valence-electron chi connectivity index (χ1n) is 7.35. The van der Waals surface area contributed by atoms with E-state index in [9.17, 15) is 0 Å². The van der Waals surface area contributed by atoms with Gasteiger partial charge in [0.2, 0.25) is 5.28 Å². The van der Waals surface area contributed by atoms with Crippen molar-refractivity contribution in [2.45, 2.75) is 19.1 Å². The third-order valence-corrected chi connectivity index (χ3v) is 3.93. The molecule has 0 bridgehead atoms. The van der Waals surface area contributed by atoms with Crippen LogP contribution in [0.25, 0.3) is 11.2 Å². The van der Waals surface area contributed by atoms with Gasteiger partial charge in [0.05, 0.1) is 6.33 Å². The minimum atomic E-state index is -0.0498. The fourth-order valence-corrected chi connectivity index (χ4v) is 2.89. The van der Waals surface area contributed by atoms with Crippen molar-refractivity contribution >= 4 is 40.0 Å². The smallest absolute Gasteiger partial charge is 0.226 e. The number of nitrogens with two attached hydrogens (primary N) is 1. The van der Waals surface area contributed by atoms with Crippen molar-refractivity contribution in [1.29, 1.82) is 0 Å². The first kappa shape index (κ1) is 14.2. The van der Waals surface area contributed by atoms with Crippen LogP contribution in [0.5, 0.6) is 0 Å². The maximum absolute atomic E-state index is 6.09. The number of halogens is 1. The highest BCUT2D eigenvalue weighted by Gasteiger charge is 2.22. The van der Waals surface area contributed by atoms with E-state index in [2.05, 4.69) is 20.3 Å². The van der Waals surface area contributed by atoms with Gasteiger partial charge in [-0.1, -0.05) is 6.07 Å². The van der Waals surface area contributed by atoms with E-state index in [0.717, 1.165) is 25.1 Å². The average Bonchev–Trinajstić information content (AvgIpc) is 3.15. The Morgan fingerprint density at radius 3 is 3.04 bits per heavy atom. The normalized spacial score (nSPS) is 17.7. The van der Waals surface area contributed by atoms with E-state index in [1.165, 1.54) is 0 Å². The predicted octanol–water partition coefficient (Wildman–Crippen LogP) is 3.11. The van der Waals surface area contributed by atoms with Crippen LogP contribution < -0.4 is 11.1 Å². The van der Waals surface area contributed by atoms with E-state index < -0.39 is 0 Å². The van der Waals surface area contributed by atoms with Gasteiger partial charge < -0.3 is 15.8 Å². The molecule has 1 saturated heterocycles. The summed E-state index contributed by atoms with van der Waals surface area (Å²) in [6.07, 6.45) is 3.63. The number of nitrogen functional groups attached to an aromatic ring is 1. The van der Waals surface area contributed by atoms with Gasteiger partial charge in [-0.05, 0) is 42.6 Å². The molecule has 2 aromatic heterocycles. The second-order valence-electron chi connectivity index (χ2n) is 5.38. The Balaban J connectivity index is 1.77. The standard InChI is InChI=1S/C15H15ClN6O/c16-15-20-13(19-10-4-1-3-9(17)7-10)12-14(21-15)22(8-18-12)11-5-2-6-23-11/h1,3-4,7-8,11H,2,5-6,17H2,(H,19,20,21). The highest BCUT2D eigenvalue weighted by molar-refractivity contribution is 6.28. The lowest BCUT2D eigenvalue weighted by Gasteiger charge is -2.12. The molecule has 3 heterocycles. The van der Waals surface area contributed by atoms with E-state index >= 15 is 0 Å². The number of imidazole rings is 1. The van der Waals surface area contributed by atoms with E-state index in [1.54, 1.807) is 6.33 Å². The van der Waals surface area contributed by atoms with Gasteiger partial charge in [-0.25, -0.2) is 4.98 Å². The minimum absolute atomic E-state index is 0.0498. The van der Waals surface area contributed by atoms with E-state index in [-0.39, 0.29) is 11.5 Å². The molecule has 1 aliphatic rings. The molecule has 4 rings (SSSR count). The van der Waals surface area contributed by atoms with Crippen molar-refractivity contribution in [2.75, 3.05) is 17.7 Å². The highest BCUT2D eigenvalue weighted by atomic mass is 35.5. The van der Waals surface area contributed by atoms with Crippen LogP contribution in [0.15, 0.2) is 30.6 Å². The molecular weight excluding hydrogens is 316 g/mol. The van der Waals surface area contributed by atoms with E-state index in [0.29, 0.717) is 22.7 Å². The third kappa shape index (κ3) is 2.69. The summed E-state index contributed by atoms with van der Waals surface area (Å²) in [6, 6.07) is 7.40. The number of rotatable bonds is 3. The van der Waals surface area contributed by atoms with Crippen LogP contribution in [-0.2, 0) is 4.74 Å². The lowest BCUT2D eigenvalue weighted by atomic mass is 10.3. The van der Waals surface area contributed by atoms with Crippen LogP contribution >= 0.6 is 11.6 Å². The number of fused-ring (bicyclic) bond motifs is 1. The summed E-state index contributed by atoms with van der Waals surface area (Å²) in [7, 11) is 0. The van der Waals surface area contributed by atoms with Gasteiger partial charge in [0.15, 0.2) is 17.0 Å². The van der Waals surface area contributed by atoms with Crippen LogP contribution in [0.3, 0.4) is 0 Å². The number of benzene rings is 1. The molecule has 8 heteroatoms. The Bertz CT molecular complexity index is 858. The number of hydrogen-bond donors (Lipinski definition) is 2. The Morgan fingerprint density at radius 2 is 2.26 bits per heavy atom. The molecule has 1 aromatic carbocycles. The van der Waals surface area contributed by atoms with Crippen molar-refractivity contribution in [1.82, 2.24) is 19.5 Å². The molecule has 0 spiro atoms. The Hall–Kier alpha value is -2.38. The Morgan fingerprint density at radius 1 is 1.35 bits per heavy atom. The molecule has 3 N–H and O–H groups in total. The Labute approximate surface area is 137 Å². The largest absolute Gasteiger partial charge is 0.399 e. The van der Waals surface area contributed by atoms with Crippen molar-refractivity contribution in [3.05, 3.63) is 35.9 Å². The summed E-state index contributed by atoms with van der Waals surface area (Å²) in [6.45, 7) is 0.748. The maximum Gasteiger partial charge on any atom is 0.226 e. The molecule has 118 valence electrons. The van der Waals surface area contributed by atoms with Crippen molar-refractivity contribution in [3.63, 3.8) is 0 Å². The zero-order valence-electron chi connectivity index (χ0n) is 12.2. The van der Waals surface area contributed by atoms with Crippen LogP contribution in [0, 0.1) is 0 Å². The van der Waals surface area contributed by atoms with Gasteiger partial charge in [-0.15, -0.1) is 0 Å². The number of ether oxygens (including phenoxy) is 1. The summed E-state index contributed by atoms with van der Waals surface area (Å²) >= 11 is 6.09. The molecule has 0 amide bonds. The van der Waals surface area contributed by atoms with Gasteiger partial charge in [0, 0.05) is 18.0 Å². The molecule has 1 fully saturated rings. The SMILES string of the molecule is Nc1cccc(Nc2nc(Cl)nc3c2ncn3C2CCCO2)c1. The van der Waals surface area contributed by atoms with Crippen molar-refractivity contribution < 1.29 is 4.74 Å². The summed E-state index contributed by atoms with van der Waals surface area (Å²) in [5.41, 5.74) is 8.58. The predicted molar refractivity (Wildman–Crippen MR) is 88.7 cm³/mol. The number of aromatic nitrogens is 4. The summed E-state index contributed by atoms with van der Waals surface area (Å²) in [4.78, 5) is 13.0. The molecule has 1 atom stereocenters. The zero-order valence-corrected chi connectivity index (χ0v) is 13.0. The second-order valence-corrected chi connectivity index (χ2v) is 5.72. The lowest BCUT2D eigenvalue weighted by molar-refractivity contribution is 0.0593. The summed E-state index contributed by atoms with van der Waals surface area (Å²) < 4.78 is 7.60. The van der Waals surface area contributed by atoms with Gasteiger partial charge in [-0.2, -0.15) is 9.97 Å². The number of anilines is 3. The molecule has 0 radical (unpaired) electrons. The molecule has 1 aliphatic heterocycles. The van der Waals surface area contributed by atoms with E-state index in [4.69, 9.17) is 22.1 Å². The first-order valence-corrected chi connectivity index (χ1v) is 7.73. The van der Waals surface area contributed by atoms with E-state index in [1.807, 2.05) is 28.8 Å². The van der Waals surface area contributed by atoms with Crippen molar-refractivity contribution in [2.24, 2.45) is 0 Å². The van der Waals surface area contributed by atoms with Crippen LogP contribution in [0.2, 0.25) is 5.28 Å². The number of nitrogens with zero attached hydrogens (tertiary/aromatic N) is 4. The van der Waals surface area contributed by atoms with Crippen LogP contribution in [-0.4, -0.2) is 26.1 Å². The van der Waals surface area contributed by atoms with Gasteiger partial charge >= 0.3 is 0 Å². The zero-order chi connectivity index (χ0) is 15.8. The van der Waals surface area contributed by atoms with Crippen molar-refractivity contribution in [3.8, 4) is 0 Å². The van der Waals surface area contributed by atoms with Gasteiger partial charge in [0.25, 0.3) is 0 Å². The Kier molecular flexibility index (Phi) is 3.51. The molecule has 23 heavy (non-hydrogen) atoms. The molecular formula is C15H15ClN6O. The number of nitrogens with one attached hydrogen (secondary N) is 1. The monoisotopic (exact) mass is 330 g/mol. The molecule has 7 nitrogen and oxygen atoms in total. The lowest BCUT2D eigenvalue weighted by Crippen LogP contribution is -2.07. The minimum Gasteiger partial charge on any atom is -0.399 e. The average molecular weight is 331 g/mol. The maximum atomic E-state index is 6.09. The fraction of sp³-hybridized carbons (Fsp3) is 0.267. The molecule has 0 aliphatic carbocycles. The molecule has 0 saturated carbocycles. The fourth-order valence-electron chi connectivity index (χ4n) is 2.72. The second kappa shape index (κ2) is 5.68. The van der Waals surface area contributed by atoms with Crippen LogP contribution in [0.4, 0.5) is 17.2 Å². The topological polar surface area (TPSA) is 90.9 Å². The summed E-state index contributed by atoms with van der Waals surface area (Å²) in [5.74, 6) is 0.544. The van der Waals surface area contributed by atoms with Gasteiger partial charge in [0.1, 0.15) is 6.23 Å². The number of hydrogen-bond acceptors (Lipinski definition) is 6. The highest BCUT2D eigenvalue weighted by Crippen LogP contribution is 2.30. The first-order chi connectivity index (χ1) is 11.2. The molecule has 1 unspecified atom stereocenters. The summed E-state index contributed by atoms with van der Waals surface area (Å²) in [5, 5.41) is 3.36. The van der Waals surface area contributed by atoms with Gasteiger partial charge in [-0.3, -0.25) is 4.57 Å².